The normalized spacial score (nSPS) is 30.1. The standard InChI is InChI=1S/C18H35N3/c1-20-11-8-16(12-20)13-21(2)15-18(9-4-3-5-10-18)14-19-17-6-7-17/h16-17,19H,3-15H2,1-2H3. The van der Waals surface area contributed by atoms with Gasteiger partial charge in [-0.2, -0.15) is 0 Å². The SMILES string of the molecule is CN1CCC(CN(C)CC2(CNC3CC3)CCCCC2)C1. The van der Waals surface area contributed by atoms with Crippen LogP contribution in [-0.2, 0) is 0 Å². The zero-order chi connectivity index (χ0) is 14.7. The molecule has 3 aliphatic rings. The zero-order valence-corrected chi connectivity index (χ0v) is 14.2. The molecule has 1 unspecified atom stereocenters. The van der Waals surface area contributed by atoms with Gasteiger partial charge in [0.05, 0.1) is 0 Å². The fraction of sp³-hybridized carbons (Fsp3) is 1.00. The predicted molar refractivity (Wildman–Crippen MR) is 89.6 cm³/mol. The summed E-state index contributed by atoms with van der Waals surface area (Å²) in [6, 6.07) is 0.859. The van der Waals surface area contributed by atoms with Crippen LogP contribution in [0.5, 0.6) is 0 Å². The second-order valence-corrected chi connectivity index (χ2v) is 8.33. The van der Waals surface area contributed by atoms with Gasteiger partial charge in [-0.15, -0.1) is 0 Å². The van der Waals surface area contributed by atoms with Gasteiger partial charge in [0, 0.05) is 32.2 Å². The molecule has 2 aliphatic carbocycles. The largest absolute Gasteiger partial charge is 0.313 e. The molecule has 0 aromatic heterocycles. The van der Waals surface area contributed by atoms with Crippen molar-refractivity contribution < 1.29 is 0 Å². The minimum Gasteiger partial charge on any atom is -0.313 e. The van der Waals surface area contributed by atoms with Crippen LogP contribution in [0, 0.1) is 11.3 Å². The van der Waals surface area contributed by atoms with Gasteiger partial charge in [-0.05, 0) is 64.1 Å². The number of nitrogens with one attached hydrogen (secondary N) is 1. The molecule has 0 aromatic rings. The Kier molecular flexibility index (Phi) is 5.23. The molecule has 1 N–H and O–H groups in total. The summed E-state index contributed by atoms with van der Waals surface area (Å²) in [5, 5.41) is 3.84. The summed E-state index contributed by atoms with van der Waals surface area (Å²) < 4.78 is 0. The number of hydrogen-bond acceptors (Lipinski definition) is 3. The number of hydrogen-bond donors (Lipinski definition) is 1. The fourth-order valence-electron chi connectivity index (χ4n) is 4.59. The van der Waals surface area contributed by atoms with Crippen LogP contribution in [0.4, 0.5) is 0 Å². The second-order valence-electron chi connectivity index (χ2n) is 8.33. The van der Waals surface area contributed by atoms with Crippen molar-refractivity contribution in [2.45, 2.75) is 57.4 Å². The second kappa shape index (κ2) is 6.97. The summed E-state index contributed by atoms with van der Waals surface area (Å²) in [6.07, 6.45) is 11.5. The maximum absolute atomic E-state index is 3.84. The smallest absolute Gasteiger partial charge is 0.00684 e. The van der Waals surface area contributed by atoms with E-state index < -0.39 is 0 Å². The molecule has 3 nitrogen and oxygen atoms in total. The van der Waals surface area contributed by atoms with Gasteiger partial charge in [-0.3, -0.25) is 0 Å². The first-order valence-electron chi connectivity index (χ1n) is 9.26. The number of likely N-dealkylation sites (tertiary alicyclic amines) is 1. The van der Waals surface area contributed by atoms with E-state index in [4.69, 9.17) is 0 Å². The third kappa shape index (κ3) is 4.67. The maximum Gasteiger partial charge on any atom is 0.00684 e. The highest BCUT2D eigenvalue weighted by atomic mass is 15.2. The van der Waals surface area contributed by atoms with Crippen molar-refractivity contribution in [1.29, 1.82) is 0 Å². The molecular weight excluding hydrogens is 258 g/mol. The zero-order valence-electron chi connectivity index (χ0n) is 14.2. The number of nitrogens with zero attached hydrogens (tertiary/aromatic N) is 2. The Morgan fingerprint density at radius 3 is 2.52 bits per heavy atom. The van der Waals surface area contributed by atoms with Crippen molar-refractivity contribution in [3.05, 3.63) is 0 Å². The van der Waals surface area contributed by atoms with Crippen molar-refractivity contribution in [3.8, 4) is 0 Å². The lowest BCUT2D eigenvalue weighted by Gasteiger charge is -2.41. The molecule has 1 aliphatic heterocycles. The van der Waals surface area contributed by atoms with Crippen molar-refractivity contribution in [3.63, 3.8) is 0 Å². The average Bonchev–Trinajstić information content (AvgIpc) is 3.21. The van der Waals surface area contributed by atoms with Crippen LogP contribution in [0.15, 0.2) is 0 Å². The molecule has 2 saturated carbocycles. The van der Waals surface area contributed by atoms with Crippen molar-refractivity contribution in [2.24, 2.45) is 11.3 Å². The van der Waals surface area contributed by atoms with Gasteiger partial charge in [0.15, 0.2) is 0 Å². The summed E-state index contributed by atoms with van der Waals surface area (Å²) >= 11 is 0. The molecule has 0 radical (unpaired) electrons. The van der Waals surface area contributed by atoms with E-state index in [0.717, 1.165) is 12.0 Å². The Hall–Kier alpha value is -0.120. The van der Waals surface area contributed by atoms with E-state index in [1.165, 1.54) is 84.1 Å². The van der Waals surface area contributed by atoms with Gasteiger partial charge >= 0.3 is 0 Å². The van der Waals surface area contributed by atoms with Gasteiger partial charge in [0.2, 0.25) is 0 Å². The van der Waals surface area contributed by atoms with Crippen molar-refractivity contribution in [2.75, 3.05) is 46.8 Å². The summed E-state index contributed by atoms with van der Waals surface area (Å²) in [4.78, 5) is 5.15. The highest BCUT2D eigenvalue weighted by Gasteiger charge is 2.35. The lowest BCUT2D eigenvalue weighted by molar-refractivity contribution is 0.108. The Morgan fingerprint density at radius 1 is 1.14 bits per heavy atom. The Morgan fingerprint density at radius 2 is 1.90 bits per heavy atom. The first-order chi connectivity index (χ1) is 10.2. The minimum absolute atomic E-state index is 0.570. The van der Waals surface area contributed by atoms with Gasteiger partial charge < -0.3 is 15.1 Å². The molecule has 0 amide bonds. The highest BCUT2D eigenvalue weighted by Crippen LogP contribution is 2.37. The van der Waals surface area contributed by atoms with E-state index >= 15 is 0 Å². The predicted octanol–water partition coefficient (Wildman–Crippen LogP) is 2.57. The maximum atomic E-state index is 3.84. The molecule has 21 heavy (non-hydrogen) atoms. The van der Waals surface area contributed by atoms with Gasteiger partial charge in [0.1, 0.15) is 0 Å². The highest BCUT2D eigenvalue weighted by molar-refractivity contribution is 4.91. The van der Waals surface area contributed by atoms with Crippen LogP contribution in [0.25, 0.3) is 0 Å². The van der Waals surface area contributed by atoms with E-state index in [9.17, 15) is 0 Å². The van der Waals surface area contributed by atoms with Crippen molar-refractivity contribution in [1.82, 2.24) is 15.1 Å². The lowest BCUT2D eigenvalue weighted by Crippen LogP contribution is -2.46. The lowest BCUT2D eigenvalue weighted by atomic mass is 9.73. The Labute approximate surface area is 131 Å². The first-order valence-corrected chi connectivity index (χ1v) is 9.26. The van der Waals surface area contributed by atoms with Crippen LogP contribution in [0.1, 0.15) is 51.4 Å². The van der Waals surface area contributed by atoms with E-state index in [-0.39, 0.29) is 0 Å². The van der Waals surface area contributed by atoms with E-state index in [2.05, 4.69) is 29.2 Å². The monoisotopic (exact) mass is 293 g/mol. The molecule has 0 bridgehead atoms. The first kappa shape index (κ1) is 15.8. The molecule has 3 heteroatoms. The Balaban J connectivity index is 1.49. The average molecular weight is 293 g/mol. The van der Waals surface area contributed by atoms with E-state index in [1.54, 1.807) is 0 Å². The molecule has 122 valence electrons. The minimum atomic E-state index is 0.570. The molecule has 1 heterocycles. The summed E-state index contributed by atoms with van der Waals surface area (Å²) in [7, 11) is 4.63. The van der Waals surface area contributed by atoms with Gasteiger partial charge in [0.25, 0.3) is 0 Å². The molecule has 3 fully saturated rings. The molecular formula is C18H35N3. The molecule has 1 saturated heterocycles. The van der Waals surface area contributed by atoms with Crippen molar-refractivity contribution >= 4 is 0 Å². The fourth-order valence-corrected chi connectivity index (χ4v) is 4.59. The van der Waals surface area contributed by atoms with E-state index in [1.807, 2.05) is 0 Å². The van der Waals surface area contributed by atoms with Crippen LogP contribution in [-0.4, -0.2) is 62.7 Å². The molecule has 0 spiro atoms. The quantitative estimate of drug-likeness (QED) is 0.778. The third-order valence-corrected chi connectivity index (χ3v) is 5.92. The molecule has 3 rings (SSSR count). The summed E-state index contributed by atoms with van der Waals surface area (Å²) in [5.41, 5.74) is 0.570. The third-order valence-electron chi connectivity index (χ3n) is 5.92. The summed E-state index contributed by atoms with van der Waals surface area (Å²) in [5.74, 6) is 0.900. The van der Waals surface area contributed by atoms with Crippen LogP contribution < -0.4 is 5.32 Å². The van der Waals surface area contributed by atoms with Crippen LogP contribution in [0.2, 0.25) is 0 Å². The Bertz CT molecular complexity index is 320. The molecule has 1 atom stereocenters. The van der Waals surface area contributed by atoms with Crippen LogP contribution >= 0.6 is 0 Å². The topological polar surface area (TPSA) is 18.5 Å². The van der Waals surface area contributed by atoms with Gasteiger partial charge in [-0.25, -0.2) is 0 Å². The van der Waals surface area contributed by atoms with E-state index in [0.29, 0.717) is 5.41 Å². The van der Waals surface area contributed by atoms with Crippen LogP contribution in [0.3, 0.4) is 0 Å². The van der Waals surface area contributed by atoms with Gasteiger partial charge in [-0.1, -0.05) is 19.3 Å². The summed E-state index contributed by atoms with van der Waals surface area (Å²) in [6.45, 7) is 6.49. The molecule has 0 aromatic carbocycles. The number of rotatable bonds is 7.